The summed E-state index contributed by atoms with van der Waals surface area (Å²) >= 11 is 0. The topological polar surface area (TPSA) is 0 Å². The van der Waals surface area contributed by atoms with Crippen molar-refractivity contribution >= 4 is 64.6 Å². The highest BCUT2D eigenvalue weighted by Gasteiger charge is 2.22. The van der Waals surface area contributed by atoms with Crippen LogP contribution in [0.2, 0.25) is 0 Å². The Morgan fingerprint density at radius 3 is 0.671 bits per heavy atom. The van der Waals surface area contributed by atoms with E-state index >= 15 is 0 Å². The van der Waals surface area contributed by atoms with Crippen LogP contribution in [0.1, 0.15) is 206 Å². The molecule has 0 aliphatic rings. The Bertz CT molecular complexity index is 4390. The number of hydrogen-bond acceptors (Lipinski definition) is 0. The van der Waals surface area contributed by atoms with Crippen LogP contribution in [0.3, 0.4) is 0 Å². The lowest BCUT2D eigenvalue weighted by Gasteiger charge is -2.21. The van der Waals surface area contributed by atoms with Crippen LogP contribution in [0.4, 0.5) is 0 Å². The molecule has 0 N–H and O–H groups in total. The van der Waals surface area contributed by atoms with Gasteiger partial charge in [0.15, 0.2) is 0 Å². The molecule has 0 aliphatic carbocycles. The van der Waals surface area contributed by atoms with Crippen LogP contribution in [-0.4, -0.2) is 0 Å². The monoisotopic (exact) mass is 1100 g/mol. The zero-order valence-electron chi connectivity index (χ0n) is 51.6. The maximum absolute atomic E-state index is 3.60. The third-order valence-corrected chi connectivity index (χ3v) is 16.8. The zero-order chi connectivity index (χ0) is 59.2. The summed E-state index contributed by atoms with van der Waals surface area (Å²) in [6, 6.07) is 65.6. The van der Waals surface area contributed by atoms with Crippen LogP contribution >= 0.6 is 0 Å². The van der Waals surface area contributed by atoms with E-state index in [1.165, 1.54) is 98.0 Å². The third kappa shape index (κ3) is 11.9. The Morgan fingerprint density at radius 2 is 0.459 bits per heavy atom. The van der Waals surface area contributed by atoms with E-state index < -0.39 is 0 Å². The summed E-state index contributed by atoms with van der Waals surface area (Å²) < 4.78 is 0. The van der Waals surface area contributed by atoms with E-state index in [4.69, 9.17) is 0 Å². The fourth-order valence-corrected chi connectivity index (χ4v) is 12.1. The second-order valence-electron chi connectivity index (χ2n) is 26.2. The fourth-order valence-electron chi connectivity index (χ4n) is 12.1. The highest BCUT2D eigenvalue weighted by atomic mass is 14.3. The number of rotatable bonds is 4. The zero-order valence-corrected chi connectivity index (χ0v) is 51.6. The first-order valence-corrected chi connectivity index (χ1v) is 30.2. The summed E-state index contributed by atoms with van der Waals surface area (Å²) in [5.74, 6) is 29.6. The van der Waals surface area contributed by atoms with E-state index in [1.807, 2.05) is 36.4 Å². The predicted octanol–water partition coefficient (Wildman–Crippen LogP) is 22.5. The molecule has 0 aliphatic heterocycles. The third-order valence-electron chi connectivity index (χ3n) is 16.8. The molecule has 0 atom stereocenters. The van der Waals surface area contributed by atoms with Gasteiger partial charge in [0.1, 0.15) is 0 Å². The summed E-state index contributed by atoms with van der Waals surface area (Å²) in [4.78, 5) is 0. The Hall–Kier alpha value is -9.04. The van der Waals surface area contributed by atoms with Crippen LogP contribution in [0.5, 0.6) is 0 Å². The summed E-state index contributed by atoms with van der Waals surface area (Å²) in [6.07, 6.45) is 0. The van der Waals surface area contributed by atoms with Crippen molar-refractivity contribution in [3.63, 3.8) is 0 Å². The van der Waals surface area contributed by atoms with E-state index in [1.54, 1.807) is 0 Å². The molecular formula is C85H80. The van der Waals surface area contributed by atoms with Gasteiger partial charge in [-0.15, -0.1) is 0 Å². The quantitative estimate of drug-likeness (QED) is 0.122. The van der Waals surface area contributed by atoms with E-state index in [9.17, 15) is 0 Å². The Labute approximate surface area is 507 Å². The van der Waals surface area contributed by atoms with Crippen LogP contribution < -0.4 is 0 Å². The molecule has 0 spiro atoms. The summed E-state index contributed by atoms with van der Waals surface area (Å²) in [5.41, 5.74) is 16.8. The van der Waals surface area contributed by atoms with Crippen molar-refractivity contribution in [3.8, 4) is 47.4 Å². The maximum Gasteiger partial charge on any atom is 0.0330 e. The first kappa shape index (κ1) is 59.1. The number of hydrogen-bond donors (Lipinski definition) is 0. The van der Waals surface area contributed by atoms with Gasteiger partial charge in [-0.1, -0.05) is 261 Å². The van der Waals surface area contributed by atoms with Crippen LogP contribution in [0, 0.1) is 47.4 Å². The molecule has 420 valence electrons. The van der Waals surface area contributed by atoms with Gasteiger partial charge >= 0.3 is 0 Å². The van der Waals surface area contributed by atoms with Crippen molar-refractivity contribution in [3.05, 3.63) is 260 Å². The second-order valence-corrected chi connectivity index (χ2v) is 26.2. The summed E-state index contributed by atoms with van der Waals surface area (Å²) in [7, 11) is 0. The van der Waals surface area contributed by atoms with E-state index in [0.717, 1.165) is 44.5 Å². The SMILES string of the molecule is C.CC(C)c1cc(C#Cc2ccc(C(C)(C)C)cc2)c2ccc3c(C(C)C)cc(C#Cc4ccc(C(C)(C)C)cc4)c4ccc1c2c43.CC(C)c1cc(C#Cc2ccccc2)c2ccc3c(C(C)C)cc(C#Cc4ccccc4)c4ccc1c2c43. The molecule has 12 rings (SSSR count). The minimum atomic E-state index is 0. The molecule has 0 unspecified atom stereocenters. The van der Waals surface area contributed by atoms with Crippen molar-refractivity contribution in [2.75, 3.05) is 0 Å². The Morgan fingerprint density at radius 1 is 0.247 bits per heavy atom. The molecule has 0 heteroatoms. The number of benzene rings is 12. The van der Waals surface area contributed by atoms with E-state index in [-0.39, 0.29) is 18.3 Å². The van der Waals surface area contributed by atoms with Crippen molar-refractivity contribution in [2.45, 2.75) is 139 Å². The molecule has 0 saturated carbocycles. The van der Waals surface area contributed by atoms with Crippen LogP contribution in [-0.2, 0) is 10.8 Å². The average Bonchev–Trinajstić information content (AvgIpc) is 0.910. The minimum absolute atomic E-state index is 0. The molecule has 0 amide bonds. The van der Waals surface area contributed by atoms with Gasteiger partial charge in [0.05, 0.1) is 0 Å². The normalized spacial score (nSPS) is 11.6. The van der Waals surface area contributed by atoms with Gasteiger partial charge in [-0.3, -0.25) is 0 Å². The van der Waals surface area contributed by atoms with E-state index in [0.29, 0.717) is 23.7 Å². The molecule has 0 heterocycles. The van der Waals surface area contributed by atoms with Crippen molar-refractivity contribution in [1.82, 2.24) is 0 Å². The van der Waals surface area contributed by atoms with Crippen molar-refractivity contribution < 1.29 is 0 Å². The first-order valence-electron chi connectivity index (χ1n) is 30.2. The van der Waals surface area contributed by atoms with Gasteiger partial charge < -0.3 is 0 Å². The lowest BCUT2D eigenvalue weighted by molar-refractivity contribution is 0.590. The van der Waals surface area contributed by atoms with Gasteiger partial charge in [0.2, 0.25) is 0 Å². The van der Waals surface area contributed by atoms with Gasteiger partial charge in [-0.2, -0.15) is 0 Å². The minimum Gasteiger partial charge on any atom is -0.0776 e. The smallest absolute Gasteiger partial charge is 0.0330 e. The molecule has 85 heavy (non-hydrogen) atoms. The second kappa shape index (κ2) is 23.9. The van der Waals surface area contributed by atoms with E-state index in [2.05, 4.69) is 290 Å². The summed E-state index contributed by atoms with van der Waals surface area (Å²) in [5, 5.41) is 15.4. The lowest BCUT2D eigenvalue weighted by atomic mass is 9.82. The first-order chi connectivity index (χ1) is 40.2. The molecule has 0 fully saturated rings. The lowest BCUT2D eigenvalue weighted by Crippen LogP contribution is -2.10. The molecule has 0 saturated heterocycles. The van der Waals surface area contributed by atoms with Gasteiger partial charge in [0.25, 0.3) is 0 Å². The Balaban J connectivity index is 0.000000190. The molecule has 0 radical (unpaired) electrons. The largest absolute Gasteiger partial charge is 0.0776 e. The highest BCUT2D eigenvalue weighted by molar-refractivity contribution is 6.27. The maximum atomic E-state index is 3.60. The van der Waals surface area contributed by atoms with Crippen LogP contribution in [0.25, 0.3) is 64.6 Å². The van der Waals surface area contributed by atoms with Gasteiger partial charge in [-0.25, -0.2) is 0 Å². The molecule has 12 aromatic carbocycles. The highest BCUT2D eigenvalue weighted by Crippen LogP contribution is 2.45. The summed E-state index contributed by atoms with van der Waals surface area (Å²) in [6.45, 7) is 31.7. The van der Waals surface area contributed by atoms with Gasteiger partial charge in [-0.05, 0) is 205 Å². The molecule has 0 bridgehead atoms. The molecule has 0 aromatic heterocycles. The fraction of sp³-hybridized carbons (Fsp3) is 0.247. The Kier molecular flexibility index (Phi) is 16.6. The standard InChI is InChI=1S/C46H46.C38H30.CH4/c1-29(2)41-27-33(17-11-31-13-19-35(20-14-31)45(5,6)7)37-24-26-40-42(30(3)4)28-34(38-23-25-39(41)43(37)44(38)40)18-12-32-15-21-36(22-16-32)46(8,9)10;1-25(2)35-23-29(17-15-27-11-7-5-8-12-27)31-20-22-34-36(26(3)4)24-30(18-16-28-13-9-6-10-14-28)32-19-21-33(35)37(31)38(32)34;/h13-16,19-30H,1-10H3;5-14,19-26H,1-4H3;1H4. The van der Waals surface area contributed by atoms with Crippen LogP contribution in [0.15, 0.2) is 182 Å². The molecular weight excluding hydrogens is 1020 g/mol. The van der Waals surface area contributed by atoms with Gasteiger partial charge in [0, 0.05) is 44.5 Å². The van der Waals surface area contributed by atoms with Crippen molar-refractivity contribution in [1.29, 1.82) is 0 Å². The molecule has 12 aromatic rings. The molecule has 0 nitrogen and oxygen atoms in total. The van der Waals surface area contributed by atoms with Crippen molar-refractivity contribution in [2.24, 2.45) is 0 Å². The predicted molar refractivity (Wildman–Crippen MR) is 370 cm³/mol. The average molecular weight is 1100 g/mol.